The quantitative estimate of drug-likeness (QED) is 0.287. The van der Waals surface area contributed by atoms with Crippen LogP contribution in [0.25, 0.3) is 11.3 Å². The number of nitro benzene ring substituents is 1. The lowest BCUT2D eigenvalue weighted by atomic mass is 10.1. The van der Waals surface area contributed by atoms with Gasteiger partial charge in [0.1, 0.15) is 17.2 Å². The highest BCUT2D eigenvalue weighted by atomic mass is 32.1. The van der Waals surface area contributed by atoms with Crippen LogP contribution in [0.1, 0.15) is 15.4 Å². The number of carbonyl (C=O) groups is 1. The topological polar surface area (TPSA) is 126 Å². The van der Waals surface area contributed by atoms with E-state index < -0.39 is 10.8 Å². The van der Waals surface area contributed by atoms with Gasteiger partial charge in [0.15, 0.2) is 11.5 Å². The Morgan fingerprint density at radius 1 is 1.19 bits per heavy atom. The zero-order valence-electron chi connectivity index (χ0n) is 16.9. The van der Waals surface area contributed by atoms with Gasteiger partial charge in [-0.15, -0.1) is 11.3 Å². The SMILES string of the molecule is COCCOc1cc([N+](=O)[O-])c(C(=O)NCc2nc(-c3ccncc3)cs2)cc1OC. The third-order valence-electron chi connectivity index (χ3n) is 4.20. The van der Waals surface area contributed by atoms with E-state index in [1.54, 1.807) is 12.4 Å². The number of nitrogens with zero attached hydrogens (tertiary/aromatic N) is 3. The molecule has 1 aromatic carbocycles. The number of nitrogens with one attached hydrogen (secondary N) is 1. The number of aromatic nitrogens is 2. The van der Waals surface area contributed by atoms with Crippen molar-refractivity contribution in [2.24, 2.45) is 0 Å². The molecule has 0 bridgehead atoms. The molecule has 11 heteroatoms. The van der Waals surface area contributed by atoms with Gasteiger partial charge in [-0.05, 0) is 12.1 Å². The highest BCUT2D eigenvalue weighted by molar-refractivity contribution is 7.09. The number of pyridine rings is 1. The number of hydrogen-bond acceptors (Lipinski definition) is 9. The maximum Gasteiger partial charge on any atom is 0.286 e. The first-order valence-corrected chi connectivity index (χ1v) is 10.0. The van der Waals surface area contributed by atoms with Gasteiger partial charge in [0, 0.05) is 36.5 Å². The van der Waals surface area contributed by atoms with E-state index in [0.717, 1.165) is 11.3 Å². The van der Waals surface area contributed by atoms with E-state index >= 15 is 0 Å². The van der Waals surface area contributed by atoms with E-state index in [4.69, 9.17) is 14.2 Å². The van der Waals surface area contributed by atoms with Gasteiger partial charge < -0.3 is 19.5 Å². The molecule has 0 spiro atoms. The third kappa shape index (κ3) is 5.53. The molecule has 0 atom stereocenters. The molecule has 162 valence electrons. The fraction of sp³-hybridized carbons (Fsp3) is 0.250. The van der Waals surface area contributed by atoms with Crippen LogP contribution in [0, 0.1) is 10.1 Å². The molecule has 0 aliphatic heterocycles. The van der Waals surface area contributed by atoms with Crippen molar-refractivity contribution in [3.8, 4) is 22.8 Å². The molecule has 0 aliphatic carbocycles. The molecular formula is C20H20N4O6S. The molecule has 0 fully saturated rings. The first kappa shape index (κ1) is 22.1. The number of amides is 1. The molecule has 31 heavy (non-hydrogen) atoms. The summed E-state index contributed by atoms with van der Waals surface area (Å²) in [5, 5.41) is 16.7. The number of hydrogen-bond donors (Lipinski definition) is 1. The second kappa shape index (κ2) is 10.5. The van der Waals surface area contributed by atoms with Crippen LogP contribution >= 0.6 is 11.3 Å². The Bertz CT molecular complexity index is 1060. The zero-order chi connectivity index (χ0) is 22.2. The Morgan fingerprint density at radius 3 is 2.65 bits per heavy atom. The summed E-state index contributed by atoms with van der Waals surface area (Å²) in [4.78, 5) is 32.0. The number of benzene rings is 1. The maximum absolute atomic E-state index is 12.7. The Kier molecular flexibility index (Phi) is 7.46. The van der Waals surface area contributed by atoms with Crippen LogP contribution in [0.5, 0.6) is 11.5 Å². The normalized spacial score (nSPS) is 10.5. The van der Waals surface area contributed by atoms with Gasteiger partial charge in [-0.25, -0.2) is 4.98 Å². The average molecular weight is 444 g/mol. The Labute approximate surface area is 182 Å². The fourth-order valence-electron chi connectivity index (χ4n) is 2.69. The molecule has 0 saturated heterocycles. The van der Waals surface area contributed by atoms with Gasteiger partial charge in [0.25, 0.3) is 11.6 Å². The molecule has 0 saturated carbocycles. The van der Waals surface area contributed by atoms with Crippen molar-refractivity contribution in [1.82, 2.24) is 15.3 Å². The van der Waals surface area contributed by atoms with Crippen LogP contribution in [0.4, 0.5) is 5.69 Å². The first-order chi connectivity index (χ1) is 15.0. The summed E-state index contributed by atoms with van der Waals surface area (Å²) >= 11 is 1.38. The predicted molar refractivity (Wildman–Crippen MR) is 114 cm³/mol. The first-order valence-electron chi connectivity index (χ1n) is 9.14. The lowest BCUT2D eigenvalue weighted by Crippen LogP contribution is -2.24. The molecule has 3 aromatic rings. The van der Waals surface area contributed by atoms with E-state index in [1.165, 1.54) is 37.7 Å². The molecule has 10 nitrogen and oxygen atoms in total. The lowest BCUT2D eigenvalue weighted by molar-refractivity contribution is -0.385. The third-order valence-corrected chi connectivity index (χ3v) is 5.05. The van der Waals surface area contributed by atoms with Gasteiger partial charge >= 0.3 is 0 Å². The molecule has 2 heterocycles. The number of methoxy groups -OCH3 is 2. The largest absolute Gasteiger partial charge is 0.493 e. The summed E-state index contributed by atoms with van der Waals surface area (Å²) in [5.74, 6) is -0.250. The van der Waals surface area contributed by atoms with Crippen molar-refractivity contribution in [2.45, 2.75) is 6.54 Å². The van der Waals surface area contributed by atoms with Crippen LogP contribution < -0.4 is 14.8 Å². The average Bonchev–Trinajstić information content (AvgIpc) is 3.27. The van der Waals surface area contributed by atoms with Gasteiger partial charge in [0.2, 0.25) is 0 Å². The van der Waals surface area contributed by atoms with E-state index in [-0.39, 0.29) is 35.9 Å². The Hall–Kier alpha value is -3.57. The van der Waals surface area contributed by atoms with Crippen LogP contribution in [0.3, 0.4) is 0 Å². The van der Waals surface area contributed by atoms with E-state index in [0.29, 0.717) is 11.6 Å². The van der Waals surface area contributed by atoms with Crippen molar-refractivity contribution < 1.29 is 23.9 Å². The van der Waals surface area contributed by atoms with Gasteiger partial charge in [0.05, 0.1) is 36.9 Å². The summed E-state index contributed by atoms with van der Waals surface area (Å²) in [7, 11) is 2.90. The van der Waals surface area contributed by atoms with E-state index in [1.807, 2.05) is 17.5 Å². The molecule has 1 N–H and O–H groups in total. The second-order valence-corrected chi connectivity index (χ2v) is 7.11. The summed E-state index contributed by atoms with van der Waals surface area (Å²) in [6, 6.07) is 6.14. The molecule has 0 radical (unpaired) electrons. The van der Waals surface area contributed by atoms with Crippen molar-refractivity contribution in [2.75, 3.05) is 27.4 Å². The number of carbonyl (C=O) groups excluding carboxylic acids is 1. The summed E-state index contributed by atoms with van der Waals surface area (Å²) in [5.41, 5.74) is 1.16. The number of ether oxygens (including phenoxy) is 3. The van der Waals surface area contributed by atoms with Crippen molar-refractivity contribution in [1.29, 1.82) is 0 Å². The zero-order valence-corrected chi connectivity index (χ0v) is 17.7. The maximum atomic E-state index is 12.7. The number of rotatable bonds is 10. The molecule has 1 amide bonds. The van der Waals surface area contributed by atoms with Crippen LogP contribution in [0.15, 0.2) is 42.0 Å². The van der Waals surface area contributed by atoms with Gasteiger partial charge in [-0.2, -0.15) is 0 Å². The summed E-state index contributed by atoms with van der Waals surface area (Å²) in [6.07, 6.45) is 3.34. The molecule has 2 aromatic heterocycles. The van der Waals surface area contributed by atoms with E-state index in [2.05, 4.69) is 15.3 Å². The van der Waals surface area contributed by atoms with Gasteiger partial charge in [-0.3, -0.25) is 19.9 Å². The van der Waals surface area contributed by atoms with Crippen LogP contribution in [-0.2, 0) is 11.3 Å². The van der Waals surface area contributed by atoms with Gasteiger partial charge in [-0.1, -0.05) is 0 Å². The standard InChI is InChI=1S/C20H20N4O6S/c1-28-7-8-30-18-10-16(24(26)27)14(9-17(18)29-2)20(25)22-11-19-23-15(12-31-19)13-3-5-21-6-4-13/h3-6,9-10,12H,7-8,11H2,1-2H3,(H,22,25). The minimum Gasteiger partial charge on any atom is -0.493 e. The minimum atomic E-state index is -0.636. The molecule has 3 rings (SSSR count). The summed E-state index contributed by atoms with van der Waals surface area (Å²) < 4.78 is 15.6. The molecule has 0 aliphatic rings. The Balaban J connectivity index is 1.76. The molecular weight excluding hydrogens is 424 g/mol. The molecule has 0 unspecified atom stereocenters. The number of thiazole rings is 1. The predicted octanol–water partition coefficient (Wildman–Crippen LogP) is 3.08. The monoisotopic (exact) mass is 444 g/mol. The van der Waals surface area contributed by atoms with Crippen molar-refractivity contribution >= 4 is 22.9 Å². The summed E-state index contributed by atoms with van der Waals surface area (Å²) in [6.45, 7) is 0.605. The Morgan fingerprint density at radius 2 is 1.97 bits per heavy atom. The second-order valence-electron chi connectivity index (χ2n) is 6.16. The van der Waals surface area contributed by atoms with Crippen molar-refractivity contribution in [3.63, 3.8) is 0 Å². The van der Waals surface area contributed by atoms with Crippen LogP contribution in [0.2, 0.25) is 0 Å². The lowest BCUT2D eigenvalue weighted by Gasteiger charge is -2.12. The minimum absolute atomic E-state index is 0.125. The highest BCUT2D eigenvalue weighted by Gasteiger charge is 2.25. The highest BCUT2D eigenvalue weighted by Crippen LogP contribution is 2.35. The smallest absolute Gasteiger partial charge is 0.286 e. The van der Waals surface area contributed by atoms with Crippen molar-refractivity contribution in [3.05, 3.63) is 62.7 Å². The van der Waals surface area contributed by atoms with E-state index in [9.17, 15) is 14.9 Å². The number of nitro groups is 1. The fourth-order valence-corrected chi connectivity index (χ4v) is 3.43. The van der Waals surface area contributed by atoms with Crippen LogP contribution in [-0.4, -0.2) is 48.2 Å².